The van der Waals surface area contributed by atoms with Crippen molar-refractivity contribution in [2.45, 2.75) is 52.4 Å². The molecule has 1 saturated heterocycles. The smallest absolute Gasteiger partial charge is 0.434 e. The number of carbonyl (C=O) groups excluding carboxylic acids is 1. The van der Waals surface area contributed by atoms with Gasteiger partial charge in [-0.25, -0.2) is 4.39 Å². The first-order valence-electron chi connectivity index (χ1n) is 8.35. The third-order valence-corrected chi connectivity index (χ3v) is 5.41. The van der Waals surface area contributed by atoms with E-state index < -0.39 is 30.7 Å². The van der Waals surface area contributed by atoms with Crippen LogP contribution in [0, 0.1) is 5.82 Å². The minimum atomic E-state index is -3.09. The summed E-state index contributed by atoms with van der Waals surface area (Å²) >= 11 is 1.04. The summed E-state index contributed by atoms with van der Waals surface area (Å²) in [5.41, 5.74) is -0.420. The van der Waals surface area contributed by atoms with Crippen LogP contribution in [0.25, 0.3) is 6.08 Å². The van der Waals surface area contributed by atoms with Crippen LogP contribution in [0.1, 0.15) is 40.2 Å². The molecule has 0 unspecified atom stereocenters. The molecule has 0 atom stereocenters. The van der Waals surface area contributed by atoms with E-state index in [1.807, 2.05) is 27.7 Å². The predicted molar refractivity (Wildman–Crippen MR) is 100 cm³/mol. The van der Waals surface area contributed by atoms with Crippen molar-refractivity contribution < 1.29 is 32.0 Å². The maximum atomic E-state index is 13.4. The molecule has 1 aliphatic heterocycles. The minimum Gasteiger partial charge on any atom is -0.434 e. The maximum absolute atomic E-state index is 13.4. The standard InChI is InChI=1S/C18H22BF3O4S/c1-11(23)27-10-13(19-25-17(2,3)18(4,5)26-19)8-12-6-7-14(20)9-15(12)24-16(21)22/h6-9,16H,10H2,1-5H3. The number of benzene rings is 1. The topological polar surface area (TPSA) is 44.8 Å². The van der Waals surface area contributed by atoms with Crippen molar-refractivity contribution in [2.75, 3.05) is 5.75 Å². The fourth-order valence-corrected chi connectivity index (χ4v) is 2.97. The molecular formula is C18H22BF3O4S. The van der Waals surface area contributed by atoms with Crippen molar-refractivity contribution >= 4 is 30.1 Å². The third kappa shape index (κ3) is 5.52. The Labute approximate surface area is 161 Å². The van der Waals surface area contributed by atoms with E-state index >= 15 is 0 Å². The van der Waals surface area contributed by atoms with Crippen molar-refractivity contribution in [1.82, 2.24) is 0 Å². The van der Waals surface area contributed by atoms with E-state index in [2.05, 4.69) is 4.74 Å². The van der Waals surface area contributed by atoms with Gasteiger partial charge in [-0.1, -0.05) is 17.8 Å². The molecule has 0 bridgehead atoms. The van der Waals surface area contributed by atoms with Gasteiger partial charge in [0.15, 0.2) is 5.12 Å². The molecule has 4 nitrogen and oxygen atoms in total. The molecule has 0 aromatic heterocycles. The largest absolute Gasteiger partial charge is 0.491 e. The highest BCUT2D eigenvalue weighted by Crippen LogP contribution is 2.40. The average Bonchev–Trinajstić information content (AvgIpc) is 2.72. The van der Waals surface area contributed by atoms with Gasteiger partial charge in [-0.3, -0.25) is 4.79 Å². The lowest BCUT2D eigenvalue weighted by molar-refractivity contribution is -0.109. The van der Waals surface area contributed by atoms with E-state index in [0.29, 0.717) is 5.47 Å². The Kier molecular flexibility index (Phi) is 6.70. The minimum absolute atomic E-state index is 0.111. The number of hydrogen-bond donors (Lipinski definition) is 0. The number of ether oxygens (including phenoxy) is 1. The van der Waals surface area contributed by atoms with Crippen LogP contribution < -0.4 is 4.74 Å². The Balaban J connectivity index is 2.41. The van der Waals surface area contributed by atoms with Crippen LogP contribution >= 0.6 is 11.8 Å². The number of carbonyl (C=O) groups is 1. The number of thioether (sulfide) groups is 1. The molecule has 2 rings (SSSR count). The summed E-state index contributed by atoms with van der Waals surface area (Å²) in [6.45, 7) is 5.86. The van der Waals surface area contributed by atoms with E-state index in [-0.39, 0.29) is 22.2 Å². The van der Waals surface area contributed by atoms with E-state index in [4.69, 9.17) is 9.31 Å². The number of halogens is 3. The highest BCUT2D eigenvalue weighted by atomic mass is 32.2. The van der Waals surface area contributed by atoms with Crippen molar-refractivity contribution in [3.63, 3.8) is 0 Å². The second-order valence-corrected chi connectivity index (χ2v) is 8.30. The lowest BCUT2D eigenvalue weighted by Gasteiger charge is -2.32. The van der Waals surface area contributed by atoms with Crippen LogP contribution in [-0.4, -0.2) is 35.8 Å². The first kappa shape index (κ1) is 21.9. The van der Waals surface area contributed by atoms with Crippen LogP contribution in [0.3, 0.4) is 0 Å². The fourth-order valence-electron chi connectivity index (χ4n) is 2.38. The van der Waals surface area contributed by atoms with Gasteiger partial charge in [-0.2, -0.15) is 8.78 Å². The molecule has 0 saturated carbocycles. The maximum Gasteiger partial charge on any atom is 0.491 e. The van der Waals surface area contributed by atoms with Gasteiger partial charge >= 0.3 is 13.7 Å². The monoisotopic (exact) mass is 402 g/mol. The van der Waals surface area contributed by atoms with E-state index in [9.17, 15) is 18.0 Å². The second-order valence-electron chi connectivity index (χ2n) is 7.15. The Morgan fingerprint density at radius 2 is 1.85 bits per heavy atom. The lowest BCUT2D eigenvalue weighted by atomic mass is 9.78. The summed E-state index contributed by atoms with van der Waals surface area (Å²) in [6, 6.07) is 3.36. The molecule has 1 aromatic rings. The molecule has 0 N–H and O–H groups in total. The van der Waals surface area contributed by atoms with Gasteiger partial charge in [-0.15, -0.1) is 0 Å². The molecule has 9 heteroatoms. The summed E-state index contributed by atoms with van der Waals surface area (Å²) < 4.78 is 55.2. The molecule has 1 fully saturated rings. The van der Waals surface area contributed by atoms with Crippen molar-refractivity contribution in [1.29, 1.82) is 0 Å². The van der Waals surface area contributed by atoms with E-state index in [1.54, 1.807) is 0 Å². The molecule has 0 spiro atoms. The van der Waals surface area contributed by atoms with Gasteiger partial charge in [-0.05, 0) is 45.3 Å². The Morgan fingerprint density at radius 1 is 1.26 bits per heavy atom. The quantitative estimate of drug-likeness (QED) is 0.645. The summed E-state index contributed by atoms with van der Waals surface area (Å²) in [5, 5.41) is -0.111. The normalized spacial score (nSPS) is 18.9. The van der Waals surface area contributed by atoms with Gasteiger partial charge in [0.2, 0.25) is 0 Å². The molecule has 1 aliphatic rings. The number of alkyl halides is 2. The van der Waals surface area contributed by atoms with Gasteiger partial charge in [0.05, 0.1) is 11.2 Å². The number of rotatable bonds is 6. The van der Waals surface area contributed by atoms with Gasteiger partial charge in [0.25, 0.3) is 0 Å². The van der Waals surface area contributed by atoms with Crippen LogP contribution in [0.5, 0.6) is 5.75 Å². The number of hydrogen-bond acceptors (Lipinski definition) is 5. The zero-order valence-corrected chi connectivity index (χ0v) is 16.7. The van der Waals surface area contributed by atoms with Crippen molar-refractivity contribution in [2.24, 2.45) is 0 Å². The summed E-state index contributed by atoms with van der Waals surface area (Å²) in [6.07, 6.45) is 1.54. The first-order chi connectivity index (χ1) is 12.4. The van der Waals surface area contributed by atoms with Gasteiger partial charge in [0, 0.05) is 24.3 Å². The van der Waals surface area contributed by atoms with Crippen molar-refractivity contribution in [3.05, 3.63) is 35.1 Å². The molecule has 0 aliphatic carbocycles. The van der Waals surface area contributed by atoms with Crippen LogP contribution in [0.2, 0.25) is 0 Å². The molecule has 0 radical (unpaired) electrons. The summed E-state index contributed by atoms with van der Waals surface area (Å²) in [5.74, 6) is -0.762. The Morgan fingerprint density at radius 3 is 2.37 bits per heavy atom. The second kappa shape index (κ2) is 8.28. The van der Waals surface area contributed by atoms with Crippen molar-refractivity contribution in [3.8, 4) is 5.75 Å². The highest BCUT2D eigenvalue weighted by molar-refractivity contribution is 8.13. The molecule has 148 valence electrons. The zero-order valence-electron chi connectivity index (χ0n) is 15.8. The predicted octanol–water partition coefficient (Wildman–Crippen LogP) is 4.72. The molecule has 0 amide bonds. The molecule has 1 aromatic carbocycles. The summed E-state index contributed by atoms with van der Waals surface area (Å²) in [4.78, 5) is 11.4. The first-order valence-corrected chi connectivity index (χ1v) is 9.34. The Hall–Kier alpha value is -1.45. The third-order valence-electron chi connectivity index (χ3n) is 4.53. The molecule has 27 heavy (non-hydrogen) atoms. The molecule has 1 heterocycles. The lowest BCUT2D eigenvalue weighted by Crippen LogP contribution is -2.41. The Bertz CT molecular complexity index is 721. The fraction of sp³-hybridized carbons (Fsp3) is 0.500. The van der Waals surface area contributed by atoms with Crippen LogP contribution in [0.15, 0.2) is 23.7 Å². The highest BCUT2D eigenvalue weighted by Gasteiger charge is 2.52. The average molecular weight is 402 g/mol. The van der Waals surface area contributed by atoms with Gasteiger partial charge in [0.1, 0.15) is 11.6 Å². The van der Waals surface area contributed by atoms with E-state index in [1.165, 1.54) is 19.1 Å². The van der Waals surface area contributed by atoms with Gasteiger partial charge < -0.3 is 14.0 Å². The molecular weight excluding hydrogens is 380 g/mol. The van der Waals surface area contributed by atoms with Crippen LogP contribution in [0.4, 0.5) is 13.2 Å². The zero-order chi connectivity index (χ0) is 20.4. The van der Waals surface area contributed by atoms with E-state index in [0.717, 1.165) is 23.9 Å². The van der Waals surface area contributed by atoms with Crippen LogP contribution in [-0.2, 0) is 14.1 Å². The SMILES string of the molecule is CC(=O)SCC(=Cc1ccc(F)cc1OC(F)F)B1OC(C)(C)C(C)(C)O1. The summed E-state index contributed by atoms with van der Waals surface area (Å²) in [7, 11) is -0.772.